The zero-order valence-electron chi connectivity index (χ0n) is 12.9. The maximum atomic E-state index is 12.9. The number of amides is 1. The van der Waals surface area contributed by atoms with Crippen LogP contribution in [-0.2, 0) is 4.79 Å². The highest BCUT2D eigenvalue weighted by atomic mass is 19.3. The Balaban J connectivity index is 2.22. The van der Waals surface area contributed by atoms with Gasteiger partial charge in [-0.05, 0) is 24.3 Å². The molecule has 140 valence electrons. The normalized spacial score (nSPS) is 11.6. The molecule has 7 nitrogen and oxygen atoms in total. The number of ether oxygens (including phenoxy) is 1. The number of carboxylic acids is 1. The van der Waals surface area contributed by atoms with E-state index in [9.17, 15) is 32.3 Å². The fraction of sp³-hybridized carbons (Fsp3) is 0.267. The van der Waals surface area contributed by atoms with E-state index in [1.165, 1.54) is 18.2 Å². The van der Waals surface area contributed by atoms with Crippen LogP contribution >= 0.6 is 0 Å². The maximum absolute atomic E-state index is 12.9. The number of benzene rings is 1. The molecule has 0 aliphatic carbocycles. The number of carbonyl (C=O) groups is 2. The van der Waals surface area contributed by atoms with Crippen molar-refractivity contribution in [2.45, 2.75) is 12.3 Å². The fourth-order valence-corrected chi connectivity index (χ4v) is 1.88. The van der Waals surface area contributed by atoms with E-state index in [2.05, 4.69) is 9.72 Å². The van der Waals surface area contributed by atoms with Gasteiger partial charge in [0.15, 0.2) is 12.3 Å². The van der Waals surface area contributed by atoms with Crippen LogP contribution < -0.4 is 10.1 Å². The van der Waals surface area contributed by atoms with Crippen LogP contribution in [-0.4, -0.2) is 52.6 Å². The van der Waals surface area contributed by atoms with Gasteiger partial charge in [-0.25, -0.2) is 13.8 Å². The van der Waals surface area contributed by atoms with E-state index in [-0.39, 0.29) is 16.7 Å². The third-order valence-electron chi connectivity index (χ3n) is 3.13. The van der Waals surface area contributed by atoms with Crippen molar-refractivity contribution in [2.75, 3.05) is 13.2 Å². The summed E-state index contributed by atoms with van der Waals surface area (Å²) in [7, 11) is 0. The molecule has 1 amide bonds. The molecule has 0 saturated heterocycles. The second-order valence-electron chi connectivity index (χ2n) is 5.14. The summed E-state index contributed by atoms with van der Waals surface area (Å²) in [6.07, 6.45) is -3.87. The van der Waals surface area contributed by atoms with Gasteiger partial charge in [0.05, 0.1) is 5.52 Å². The number of fused-ring (bicyclic) bond motifs is 1. The van der Waals surface area contributed by atoms with Crippen LogP contribution in [0.15, 0.2) is 24.3 Å². The Labute approximate surface area is 143 Å². The summed E-state index contributed by atoms with van der Waals surface area (Å²) in [6, 6.07) is 4.68. The number of halogens is 4. The molecule has 26 heavy (non-hydrogen) atoms. The van der Waals surface area contributed by atoms with Gasteiger partial charge in [-0.15, -0.1) is 0 Å². The molecule has 2 aromatic rings. The molecule has 1 aromatic carbocycles. The highest BCUT2D eigenvalue weighted by Gasteiger charge is 2.41. The second kappa shape index (κ2) is 7.42. The molecule has 0 atom stereocenters. The summed E-state index contributed by atoms with van der Waals surface area (Å²) in [6.45, 7) is -2.21. The number of hydrogen-bond acceptors (Lipinski definition) is 5. The first kappa shape index (κ1) is 19.2. The fourth-order valence-electron chi connectivity index (χ4n) is 1.88. The number of pyridine rings is 1. The van der Waals surface area contributed by atoms with Crippen LogP contribution in [0.25, 0.3) is 10.9 Å². The summed E-state index contributed by atoms with van der Waals surface area (Å²) in [5, 5.41) is 20.6. The predicted octanol–water partition coefficient (Wildman–Crippen LogP) is 2.03. The van der Waals surface area contributed by atoms with Crippen molar-refractivity contribution >= 4 is 22.8 Å². The lowest BCUT2D eigenvalue weighted by Gasteiger charge is -2.16. The van der Waals surface area contributed by atoms with Gasteiger partial charge < -0.3 is 20.3 Å². The van der Waals surface area contributed by atoms with Gasteiger partial charge in [0.25, 0.3) is 5.91 Å². The van der Waals surface area contributed by atoms with Gasteiger partial charge in [0, 0.05) is 5.39 Å². The smallest absolute Gasteiger partial charge is 0.340 e. The number of nitrogens with one attached hydrogen (secondary N) is 1. The van der Waals surface area contributed by atoms with Crippen molar-refractivity contribution in [3.05, 3.63) is 30.0 Å². The van der Waals surface area contributed by atoms with Crippen LogP contribution in [0.3, 0.4) is 0 Å². The van der Waals surface area contributed by atoms with Crippen molar-refractivity contribution in [3.63, 3.8) is 0 Å². The SMILES string of the molecule is O=C(O)CNC(=O)c1nc2ccc(OCC(F)(F)C(F)F)cc2cc1O. The number of carboxylic acid groups (broad SMARTS) is 1. The van der Waals surface area contributed by atoms with Crippen LogP contribution in [0, 0.1) is 0 Å². The summed E-state index contributed by atoms with van der Waals surface area (Å²) in [4.78, 5) is 26.1. The maximum Gasteiger partial charge on any atom is 0.340 e. The molecule has 1 heterocycles. The highest BCUT2D eigenvalue weighted by molar-refractivity contribution is 5.99. The molecule has 0 unspecified atom stereocenters. The van der Waals surface area contributed by atoms with E-state index in [1.807, 2.05) is 5.32 Å². The van der Waals surface area contributed by atoms with Crippen molar-refractivity contribution < 1.29 is 42.1 Å². The van der Waals surface area contributed by atoms with Crippen LogP contribution in [0.4, 0.5) is 17.6 Å². The van der Waals surface area contributed by atoms with E-state index in [0.29, 0.717) is 0 Å². The molecule has 0 fully saturated rings. The predicted molar refractivity (Wildman–Crippen MR) is 79.8 cm³/mol. The monoisotopic (exact) mass is 376 g/mol. The molecule has 3 N–H and O–H groups in total. The Morgan fingerprint density at radius 1 is 1.27 bits per heavy atom. The first-order valence-corrected chi connectivity index (χ1v) is 7.02. The first-order chi connectivity index (χ1) is 12.1. The minimum absolute atomic E-state index is 0.163. The number of nitrogens with zero attached hydrogens (tertiary/aromatic N) is 1. The Kier molecular flexibility index (Phi) is 5.48. The van der Waals surface area contributed by atoms with Gasteiger partial charge in [0.1, 0.15) is 18.0 Å². The van der Waals surface area contributed by atoms with Crippen molar-refractivity contribution in [3.8, 4) is 11.5 Å². The molecule has 0 aliphatic heterocycles. The molecule has 1 aromatic heterocycles. The molecular formula is C15H12F4N2O5. The lowest BCUT2D eigenvalue weighted by Crippen LogP contribution is -2.33. The summed E-state index contributed by atoms with van der Waals surface area (Å²) >= 11 is 0. The van der Waals surface area contributed by atoms with Gasteiger partial charge in [-0.2, -0.15) is 8.78 Å². The number of aromatic hydroxyl groups is 1. The molecule has 0 bridgehead atoms. The second-order valence-corrected chi connectivity index (χ2v) is 5.14. The van der Waals surface area contributed by atoms with E-state index in [4.69, 9.17) is 5.11 Å². The van der Waals surface area contributed by atoms with Gasteiger partial charge in [0.2, 0.25) is 0 Å². The van der Waals surface area contributed by atoms with E-state index in [1.54, 1.807) is 0 Å². The van der Waals surface area contributed by atoms with Gasteiger partial charge in [-0.3, -0.25) is 9.59 Å². The Morgan fingerprint density at radius 2 is 1.96 bits per heavy atom. The molecule has 2 rings (SSSR count). The molecule has 0 saturated carbocycles. The number of aromatic nitrogens is 1. The van der Waals surface area contributed by atoms with Crippen LogP contribution in [0.5, 0.6) is 11.5 Å². The van der Waals surface area contributed by atoms with E-state index in [0.717, 1.165) is 6.07 Å². The largest absolute Gasteiger partial charge is 0.505 e. The lowest BCUT2D eigenvalue weighted by molar-refractivity contribution is -0.148. The van der Waals surface area contributed by atoms with Crippen molar-refractivity contribution in [1.29, 1.82) is 0 Å². The molecule has 0 spiro atoms. The molecule has 11 heteroatoms. The summed E-state index contributed by atoms with van der Waals surface area (Å²) in [5.41, 5.74) is -0.270. The number of hydrogen-bond donors (Lipinski definition) is 3. The zero-order valence-corrected chi connectivity index (χ0v) is 12.9. The molecular weight excluding hydrogens is 364 g/mol. The van der Waals surface area contributed by atoms with Crippen LogP contribution in [0.1, 0.15) is 10.5 Å². The third-order valence-corrected chi connectivity index (χ3v) is 3.13. The summed E-state index contributed by atoms with van der Waals surface area (Å²) < 4.78 is 54.6. The average molecular weight is 376 g/mol. The topological polar surface area (TPSA) is 109 Å². The quantitative estimate of drug-likeness (QED) is 0.638. The first-order valence-electron chi connectivity index (χ1n) is 7.02. The Bertz CT molecular complexity index is 844. The third kappa shape index (κ3) is 4.49. The zero-order chi connectivity index (χ0) is 19.5. The van der Waals surface area contributed by atoms with Gasteiger partial charge in [-0.1, -0.05) is 0 Å². The minimum Gasteiger partial charge on any atom is -0.505 e. The minimum atomic E-state index is -4.32. The number of alkyl halides is 4. The number of aliphatic carboxylic acids is 1. The average Bonchev–Trinajstić information content (AvgIpc) is 2.56. The number of carbonyl (C=O) groups excluding carboxylic acids is 1. The van der Waals surface area contributed by atoms with Gasteiger partial charge >= 0.3 is 18.3 Å². The lowest BCUT2D eigenvalue weighted by atomic mass is 10.1. The highest BCUT2D eigenvalue weighted by Crippen LogP contribution is 2.28. The molecule has 0 aliphatic rings. The Morgan fingerprint density at radius 3 is 2.58 bits per heavy atom. The number of rotatable bonds is 7. The molecule has 0 radical (unpaired) electrons. The van der Waals surface area contributed by atoms with Crippen LogP contribution in [0.2, 0.25) is 0 Å². The van der Waals surface area contributed by atoms with Crippen molar-refractivity contribution in [1.82, 2.24) is 10.3 Å². The van der Waals surface area contributed by atoms with E-state index < -0.39 is 48.8 Å². The standard InChI is InChI=1S/C15H12F4N2O5/c16-14(17)15(18,19)6-26-8-1-2-9-7(3-8)4-10(22)12(21-9)13(25)20-5-11(23)24/h1-4,14,22H,5-6H2,(H,20,25)(H,23,24). The Hall–Kier alpha value is -3.11. The van der Waals surface area contributed by atoms with Crippen molar-refractivity contribution in [2.24, 2.45) is 0 Å². The summed E-state index contributed by atoms with van der Waals surface area (Å²) in [5.74, 6) is -7.29. The van der Waals surface area contributed by atoms with E-state index >= 15 is 0 Å².